The van der Waals surface area contributed by atoms with E-state index in [-0.39, 0.29) is 23.8 Å². The minimum Gasteiger partial charge on any atom is -0.463 e. The van der Waals surface area contributed by atoms with Crippen LogP contribution in [0.2, 0.25) is 0 Å². The summed E-state index contributed by atoms with van der Waals surface area (Å²) in [6.07, 6.45) is 4.16. The number of hydrogen-bond donors (Lipinski definition) is 2. The Bertz CT molecular complexity index is 1700. The SMILES string of the molecule is C=CC(=O)OCC.CCOC(=O)/C=C/c1cccc(NC(=O)c2cccc(C)c2)c1.Cc1cccc(C(=O)Nc2cccc(Br)c2)c1. The van der Waals surface area contributed by atoms with Gasteiger partial charge in [0.2, 0.25) is 0 Å². The van der Waals surface area contributed by atoms with Crippen LogP contribution in [-0.2, 0) is 19.1 Å². The summed E-state index contributed by atoms with van der Waals surface area (Å²) in [6, 6.07) is 29.7. The van der Waals surface area contributed by atoms with E-state index < -0.39 is 0 Å². The monoisotopic (exact) mass is 698 g/mol. The van der Waals surface area contributed by atoms with E-state index in [2.05, 4.69) is 37.9 Å². The Morgan fingerprint density at radius 1 is 0.681 bits per heavy atom. The Morgan fingerprint density at radius 3 is 1.64 bits per heavy atom. The summed E-state index contributed by atoms with van der Waals surface area (Å²) in [5.41, 5.74) is 5.64. The molecule has 0 aliphatic heterocycles. The lowest BCUT2D eigenvalue weighted by Crippen LogP contribution is -2.11. The number of carbonyl (C=O) groups is 4. The maximum atomic E-state index is 12.2. The quantitative estimate of drug-likeness (QED) is 0.134. The predicted molar refractivity (Wildman–Crippen MR) is 191 cm³/mol. The number of amides is 2. The molecular weight excluding hydrogens is 660 g/mol. The van der Waals surface area contributed by atoms with Gasteiger partial charge in [0.15, 0.2) is 0 Å². The van der Waals surface area contributed by atoms with E-state index in [0.29, 0.717) is 30.0 Å². The van der Waals surface area contributed by atoms with Crippen molar-refractivity contribution in [2.45, 2.75) is 27.7 Å². The Labute approximate surface area is 284 Å². The van der Waals surface area contributed by atoms with E-state index in [0.717, 1.165) is 32.9 Å². The van der Waals surface area contributed by atoms with E-state index in [4.69, 9.17) is 4.74 Å². The van der Waals surface area contributed by atoms with Crippen LogP contribution in [0.15, 0.2) is 120 Å². The van der Waals surface area contributed by atoms with Gasteiger partial charge in [0, 0.05) is 39.1 Å². The molecule has 0 saturated heterocycles. The number of aryl methyl sites for hydroxylation is 2. The molecule has 0 aliphatic carbocycles. The summed E-state index contributed by atoms with van der Waals surface area (Å²) >= 11 is 3.37. The van der Waals surface area contributed by atoms with Crippen molar-refractivity contribution in [2.75, 3.05) is 23.8 Å². The maximum Gasteiger partial charge on any atom is 0.330 e. The summed E-state index contributed by atoms with van der Waals surface area (Å²) in [4.78, 5) is 45.6. The summed E-state index contributed by atoms with van der Waals surface area (Å²) in [6.45, 7) is 11.4. The van der Waals surface area contributed by atoms with Gasteiger partial charge < -0.3 is 20.1 Å². The van der Waals surface area contributed by atoms with Crippen molar-refractivity contribution in [1.82, 2.24) is 0 Å². The smallest absolute Gasteiger partial charge is 0.330 e. The van der Waals surface area contributed by atoms with Gasteiger partial charge in [0.25, 0.3) is 11.8 Å². The van der Waals surface area contributed by atoms with E-state index in [9.17, 15) is 19.2 Å². The van der Waals surface area contributed by atoms with Crippen LogP contribution >= 0.6 is 15.9 Å². The molecule has 2 N–H and O–H groups in total. The third kappa shape index (κ3) is 15.0. The van der Waals surface area contributed by atoms with E-state index in [1.54, 1.807) is 44.2 Å². The van der Waals surface area contributed by atoms with Crippen LogP contribution in [0.5, 0.6) is 0 Å². The molecular formula is C38H39BrN2O6. The molecule has 0 saturated carbocycles. The lowest BCUT2D eigenvalue weighted by Gasteiger charge is -2.06. The zero-order valence-electron chi connectivity index (χ0n) is 26.9. The molecule has 47 heavy (non-hydrogen) atoms. The standard InChI is InChI=1S/C19H19NO3.C14H12BrNO.C5H8O2/c1-3-23-18(21)11-10-15-7-5-9-17(13-15)20-19(22)16-8-4-6-14(2)12-16;1-10-4-2-5-11(8-10)14(17)16-13-7-3-6-12(15)9-13;1-3-5(6)7-4-2/h4-13H,3H2,1-2H3,(H,20,22);2-9H,1H3,(H,16,17);3H,1,4H2,2H3/b11-10+;;. The molecule has 0 fully saturated rings. The average molecular weight is 700 g/mol. The summed E-state index contributed by atoms with van der Waals surface area (Å²) in [5, 5.41) is 5.71. The minimum absolute atomic E-state index is 0.0909. The van der Waals surface area contributed by atoms with Crippen LogP contribution in [0.1, 0.15) is 51.3 Å². The maximum absolute atomic E-state index is 12.2. The molecule has 0 unspecified atom stereocenters. The molecule has 0 aromatic heterocycles. The number of hydrogen-bond acceptors (Lipinski definition) is 6. The number of anilines is 2. The first kappa shape index (κ1) is 37.9. The van der Waals surface area contributed by atoms with Crippen molar-refractivity contribution in [1.29, 1.82) is 0 Å². The second-order valence-electron chi connectivity index (χ2n) is 9.82. The van der Waals surface area contributed by atoms with Gasteiger partial charge in [0.1, 0.15) is 0 Å². The molecule has 8 nitrogen and oxygen atoms in total. The fourth-order valence-corrected chi connectivity index (χ4v) is 4.22. The Morgan fingerprint density at radius 2 is 1.17 bits per heavy atom. The van der Waals surface area contributed by atoms with Crippen LogP contribution in [0.4, 0.5) is 11.4 Å². The van der Waals surface area contributed by atoms with Crippen LogP contribution in [0, 0.1) is 13.8 Å². The van der Waals surface area contributed by atoms with Crippen molar-refractivity contribution >= 4 is 57.1 Å². The number of carbonyl (C=O) groups excluding carboxylic acids is 4. The van der Waals surface area contributed by atoms with Crippen molar-refractivity contribution < 1.29 is 28.7 Å². The largest absolute Gasteiger partial charge is 0.463 e. The first-order valence-corrected chi connectivity index (χ1v) is 15.6. The first-order chi connectivity index (χ1) is 22.5. The lowest BCUT2D eigenvalue weighted by molar-refractivity contribution is -0.138. The topological polar surface area (TPSA) is 111 Å². The average Bonchev–Trinajstić information content (AvgIpc) is 3.05. The predicted octanol–water partition coefficient (Wildman–Crippen LogP) is 8.57. The number of halogens is 1. The Balaban J connectivity index is 0.000000280. The second kappa shape index (κ2) is 20.7. The Hall–Kier alpha value is -5.28. The third-order valence-corrected chi connectivity index (χ3v) is 6.43. The fraction of sp³-hybridized carbons (Fsp3) is 0.158. The molecule has 4 rings (SSSR count). The van der Waals surface area contributed by atoms with Gasteiger partial charge in [-0.3, -0.25) is 9.59 Å². The molecule has 0 aliphatic rings. The molecule has 0 bridgehead atoms. The van der Waals surface area contributed by atoms with Crippen molar-refractivity contribution in [3.8, 4) is 0 Å². The number of benzene rings is 4. The van der Waals surface area contributed by atoms with E-state index in [1.807, 2.05) is 86.6 Å². The van der Waals surface area contributed by atoms with Gasteiger partial charge >= 0.3 is 11.9 Å². The van der Waals surface area contributed by atoms with Crippen LogP contribution in [-0.4, -0.2) is 37.0 Å². The van der Waals surface area contributed by atoms with Gasteiger partial charge in [-0.1, -0.05) is 76.1 Å². The van der Waals surface area contributed by atoms with Gasteiger partial charge in [-0.05, 0) is 93.9 Å². The molecule has 4 aromatic rings. The molecule has 244 valence electrons. The van der Waals surface area contributed by atoms with E-state index in [1.165, 1.54) is 6.08 Å². The second-order valence-corrected chi connectivity index (χ2v) is 10.7. The summed E-state index contributed by atoms with van der Waals surface area (Å²) < 4.78 is 10.2. The molecule has 2 amide bonds. The van der Waals surface area contributed by atoms with Crippen molar-refractivity contribution in [3.63, 3.8) is 0 Å². The highest BCUT2D eigenvalue weighted by atomic mass is 79.9. The van der Waals surface area contributed by atoms with Gasteiger partial charge in [-0.2, -0.15) is 0 Å². The third-order valence-electron chi connectivity index (χ3n) is 5.94. The minimum atomic E-state index is -0.387. The number of rotatable bonds is 9. The van der Waals surface area contributed by atoms with Crippen LogP contribution < -0.4 is 10.6 Å². The lowest BCUT2D eigenvalue weighted by atomic mass is 10.1. The normalized spacial score (nSPS) is 9.89. The molecule has 4 aromatic carbocycles. The molecule has 0 heterocycles. The van der Waals surface area contributed by atoms with Gasteiger partial charge in [-0.15, -0.1) is 0 Å². The number of ether oxygens (including phenoxy) is 2. The molecule has 9 heteroatoms. The Kier molecular flexibility index (Phi) is 16.7. The number of nitrogens with one attached hydrogen (secondary N) is 2. The summed E-state index contributed by atoms with van der Waals surface area (Å²) in [7, 11) is 0. The first-order valence-electron chi connectivity index (χ1n) is 14.8. The van der Waals surface area contributed by atoms with Crippen molar-refractivity contribution in [3.05, 3.63) is 148 Å². The highest BCUT2D eigenvalue weighted by molar-refractivity contribution is 9.10. The highest BCUT2D eigenvalue weighted by Gasteiger charge is 2.07. The zero-order chi connectivity index (χ0) is 34.6. The molecule has 0 atom stereocenters. The molecule has 0 spiro atoms. The summed E-state index contributed by atoms with van der Waals surface area (Å²) in [5.74, 6) is -1.00. The zero-order valence-corrected chi connectivity index (χ0v) is 28.5. The van der Waals surface area contributed by atoms with E-state index >= 15 is 0 Å². The number of esters is 2. The van der Waals surface area contributed by atoms with Crippen molar-refractivity contribution in [2.24, 2.45) is 0 Å². The van der Waals surface area contributed by atoms with Gasteiger partial charge in [-0.25, -0.2) is 9.59 Å². The fourth-order valence-electron chi connectivity index (χ4n) is 3.82. The highest BCUT2D eigenvalue weighted by Crippen LogP contribution is 2.17. The van der Waals surface area contributed by atoms with Crippen LogP contribution in [0.25, 0.3) is 6.08 Å². The van der Waals surface area contributed by atoms with Crippen LogP contribution in [0.3, 0.4) is 0 Å². The molecule has 0 radical (unpaired) electrons. The van der Waals surface area contributed by atoms with Gasteiger partial charge in [0.05, 0.1) is 13.2 Å².